The van der Waals surface area contributed by atoms with Crippen LogP contribution in [0.1, 0.15) is 55.6 Å². The van der Waals surface area contributed by atoms with Crippen LogP contribution in [0.5, 0.6) is 0 Å². The van der Waals surface area contributed by atoms with Gasteiger partial charge < -0.3 is 10.2 Å². The fourth-order valence-electron chi connectivity index (χ4n) is 4.45. The maximum absolute atomic E-state index is 13.0. The smallest absolute Gasteiger partial charge is 0.226 e. The van der Waals surface area contributed by atoms with Crippen molar-refractivity contribution in [1.82, 2.24) is 15.2 Å². The van der Waals surface area contributed by atoms with Crippen LogP contribution in [0.25, 0.3) is 0 Å². The van der Waals surface area contributed by atoms with Gasteiger partial charge >= 0.3 is 0 Å². The summed E-state index contributed by atoms with van der Waals surface area (Å²) in [6.45, 7) is 6.17. The number of hydrogen-bond donors (Lipinski definition) is 1. The van der Waals surface area contributed by atoms with Crippen molar-refractivity contribution in [3.05, 3.63) is 16.1 Å². The molecule has 1 aromatic rings. The first-order valence-corrected chi connectivity index (χ1v) is 10.0. The number of thiazole rings is 1. The number of amides is 1. The van der Waals surface area contributed by atoms with Gasteiger partial charge in [-0.25, -0.2) is 4.98 Å². The Morgan fingerprint density at radius 1 is 1.48 bits per heavy atom. The molecule has 1 amide bonds. The molecular formula is C18H27N3OS. The maximum atomic E-state index is 13.0. The summed E-state index contributed by atoms with van der Waals surface area (Å²) in [5.74, 6) is 1.20. The number of nitrogens with zero attached hydrogens (tertiary/aromatic N) is 2. The number of rotatable bonds is 3. The van der Waals surface area contributed by atoms with E-state index in [1.807, 2.05) is 0 Å². The summed E-state index contributed by atoms with van der Waals surface area (Å²) in [6, 6.07) is 0. The lowest BCUT2D eigenvalue weighted by Crippen LogP contribution is -2.41. The lowest BCUT2D eigenvalue weighted by Gasteiger charge is -2.33. The summed E-state index contributed by atoms with van der Waals surface area (Å²) < 4.78 is 0. The maximum Gasteiger partial charge on any atom is 0.226 e. The Morgan fingerprint density at radius 2 is 2.30 bits per heavy atom. The molecule has 1 saturated carbocycles. The predicted octanol–water partition coefficient (Wildman–Crippen LogP) is 2.80. The zero-order chi connectivity index (χ0) is 15.9. The highest BCUT2D eigenvalue weighted by atomic mass is 32.1. The Hall–Kier alpha value is -0.940. The van der Waals surface area contributed by atoms with E-state index in [4.69, 9.17) is 4.98 Å². The van der Waals surface area contributed by atoms with Gasteiger partial charge in [-0.05, 0) is 57.0 Å². The third kappa shape index (κ3) is 2.93. The van der Waals surface area contributed by atoms with Crippen molar-refractivity contribution in [2.75, 3.05) is 26.2 Å². The van der Waals surface area contributed by atoms with E-state index in [-0.39, 0.29) is 0 Å². The summed E-state index contributed by atoms with van der Waals surface area (Å²) >= 11 is 1.78. The SMILES string of the molecule is CCc1csc(C2CCCN(C(=O)C3CC34CCNCC4)C2)n1. The molecule has 3 heterocycles. The molecular weight excluding hydrogens is 306 g/mol. The first-order valence-electron chi connectivity index (χ1n) is 9.16. The fraction of sp³-hybridized carbons (Fsp3) is 0.778. The first-order chi connectivity index (χ1) is 11.2. The molecule has 1 spiro atoms. The Kier molecular flexibility index (Phi) is 4.18. The summed E-state index contributed by atoms with van der Waals surface area (Å²) in [6.07, 6.45) is 6.81. The topological polar surface area (TPSA) is 45.2 Å². The molecule has 2 saturated heterocycles. The summed E-state index contributed by atoms with van der Waals surface area (Å²) in [5.41, 5.74) is 1.55. The van der Waals surface area contributed by atoms with Gasteiger partial charge in [0.05, 0.1) is 10.7 Å². The summed E-state index contributed by atoms with van der Waals surface area (Å²) in [5, 5.41) is 6.85. The minimum absolute atomic E-state index is 0.311. The molecule has 5 heteroatoms. The van der Waals surface area contributed by atoms with Gasteiger partial charge in [-0.15, -0.1) is 11.3 Å². The van der Waals surface area contributed by atoms with Crippen molar-refractivity contribution in [3.8, 4) is 0 Å². The molecule has 0 aromatic carbocycles. The highest BCUT2D eigenvalue weighted by Gasteiger charge is 2.58. The average molecular weight is 334 g/mol. The third-order valence-corrected chi connectivity index (χ3v) is 7.16. The van der Waals surface area contributed by atoms with E-state index >= 15 is 0 Å². The summed E-state index contributed by atoms with van der Waals surface area (Å²) in [7, 11) is 0. The first kappa shape index (κ1) is 15.6. The van der Waals surface area contributed by atoms with Crippen LogP contribution in [0, 0.1) is 11.3 Å². The van der Waals surface area contributed by atoms with E-state index in [1.54, 1.807) is 11.3 Å². The minimum atomic E-state index is 0.311. The van der Waals surface area contributed by atoms with Crippen LogP contribution >= 0.6 is 11.3 Å². The van der Waals surface area contributed by atoms with E-state index in [9.17, 15) is 4.79 Å². The molecule has 2 atom stereocenters. The van der Waals surface area contributed by atoms with Crippen LogP contribution in [0.2, 0.25) is 0 Å². The molecule has 126 valence electrons. The van der Waals surface area contributed by atoms with Gasteiger partial charge in [-0.3, -0.25) is 4.79 Å². The van der Waals surface area contributed by atoms with Crippen molar-refractivity contribution >= 4 is 17.2 Å². The lowest BCUT2D eigenvalue weighted by atomic mass is 9.91. The van der Waals surface area contributed by atoms with Crippen LogP contribution in [-0.4, -0.2) is 42.0 Å². The lowest BCUT2D eigenvalue weighted by molar-refractivity contribution is -0.134. The number of carbonyl (C=O) groups is 1. The van der Waals surface area contributed by atoms with E-state index in [2.05, 4.69) is 22.5 Å². The van der Waals surface area contributed by atoms with Crippen molar-refractivity contribution in [2.24, 2.45) is 11.3 Å². The molecule has 0 bridgehead atoms. The van der Waals surface area contributed by atoms with Gasteiger partial charge in [0.15, 0.2) is 0 Å². The van der Waals surface area contributed by atoms with Crippen LogP contribution in [0.15, 0.2) is 5.38 Å². The number of aryl methyl sites for hydroxylation is 1. The predicted molar refractivity (Wildman–Crippen MR) is 92.7 cm³/mol. The van der Waals surface area contributed by atoms with Crippen LogP contribution < -0.4 is 5.32 Å². The van der Waals surface area contributed by atoms with Gasteiger partial charge in [-0.1, -0.05) is 6.92 Å². The quantitative estimate of drug-likeness (QED) is 0.925. The number of piperidine rings is 2. The molecule has 3 aliphatic rings. The molecule has 1 aliphatic carbocycles. The van der Waals surface area contributed by atoms with E-state index < -0.39 is 0 Å². The highest BCUT2D eigenvalue weighted by Crippen LogP contribution is 2.59. The van der Waals surface area contributed by atoms with Crippen LogP contribution in [-0.2, 0) is 11.2 Å². The Balaban J connectivity index is 1.40. The Bertz CT molecular complexity index is 579. The van der Waals surface area contributed by atoms with Crippen LogP contribution in [0.4, 0.5) is 0 Å². The second kappa shape index (κ2) is 6.17. The van der Waals surface area contributed by atoms with Crippen molar-refractivity contribution < 1.29 is 4.79 Å². The molecule has 23 heavy (non-hydrogen) atoms. The van der Waals surface area contributed by atoms with Gasteiger partial charge in [0.2, 0.25) is 5.91 Å². The van der Waals surface area contributed by atoms with E-state index in [1.165, 1.54) is 30.0 Å². The van der Waals surface area contributed by atoms with Gasteiger partial charge in [0.1, 0.15) is 0 Å². The van der Waals surface area contributed by atoms with E-state index in [0.29, 0.717) is 23.2 Å². The fourth-order valence-corrected chi connectivity index (χ4v) is 5.48. The molecule has 3 fully saturated rings. The molecule has 1 aromatic heterocycles. The van der Waals surface area contributed by atoms with Gasteiger partial charge in [-0.2, -0.15) is 0 Å². The zero-order valence-electron chi connectivity index (χ0n) is 14.0. The van der Waals surface area contributed by atoms with Crippen molar-refractivity contribution in [1.29, 1.82) is 0 Å². The molecule has 4 nitrogen and oxygen atoms in total. The Morgan fingerprint density at radius 3 is 3.04 bits per heavy atom. The number of aromatic nitrogens is 1. The van der Waals surface area contributed by atoms with Gasteiger partial charge in [0, 0.05) is 30.3 Å². The van der Waals surface area contributed by atoms with E-state index in [0.717, 1.165) is 45.4 Å². The Labute approximate surface area is 142 Å². The van der Waals surface area contributed by atoms with Crippen molar-refractivity contribution in [3.63, 3.8) is 0 Å². The molecule has 2 unspecified atom stereocenters. The van der Waals surface area contributed by atoms with Gasteiger partial charge in [0.25, 0.3) is 0 Å². The van der Waals surface area contributed by atoms with Crippen LogP contribution in [0.3, 0.4) is 0 Å². The summed E-state index contributed by atoms with van der Waals surface area (Å²) in [4.78, 5) is 19.9. The number of nitrogens with one attached hydrogen (secondary N) is 1. The standard InChI is InChI=1S/C18H27N3OS/c1-2-14-12-23-16(20-14)13-4-3-9-21(11-13)17(22)15-10-18(15)5-7-19-8-6-18/h12-13,15,19H,2-11H2,1H3. The third-order valence-electron chi connectivity index (χ3n) is 6.10. The molecule has 4 rings (SSSR count). The monoisotopic (exact) mass is 333 g/mol. The van der Waals surface area contributed by atoms with Crippen molar-refractivity contribution in [2.45, 2.75) is 51.4 Å². The average Bonchev–Trinajstić information content (AvgIpc) is 3.08. The normalized spacial score (nSPS) is 29.7. The largest absolute Gasteiger partial charge is 0.342 e. The molecule has 1 N–H and O–H groups in total. The molecule has 0 radical (unpaired) electrons. The second-order valence-corrected chi connectivity index (χ2v) is 8.41. The highest BCUT2D eigenvalue weighted by molar-refractivity contribution is 7.09. The minimum Gasteiger partial charge on any atom is -0.342 e. The number of likely N-dealkylation sites (tertiary alicyclic amines) is 1. The number of carbonyl (C=O) groups excluding carboxylic acids is 1. The zero-order valence-corrected chi connectivity index (χ0v) is 14.8. The number of hydrogen-bond acceptors (Lipinski definition) is 4. The second-order valence-electron chi connectivity index (χ2n) is 7.52. The molecule has 2 aliphatic heterocycles.